The molecule has 1 aromatic rings. The van der Waals surface area contributed by atoms with Gasteiger partial charge in [0.2, 0.25) is 5.91 Å². The van der Waals surface area contributed by atoms with E-state index in [-0.39, 0.29) is 5.91 Å². The molecule has 1 atom stereocenters. The molecule has 0 heterocycles. The van der Waals surface area contributed by atoms with E-state index in [2.05, 4.69) is 50.4 Å². The second-order valence-corrected chi connectivity index (χ2v) is 6.66. The van der Waals surface area contributed by atoms with Crippen molar-refractivity contribution in [3.63, 3.8) is 0 Å². The van der Waals surface area contributed by atoms with Crippen LogP contribution in [0.3, 0.4) is 0 Å². The predicted molar refractivity (Wildman–Crippen MR) is 79.1 cm³/mol. The monoisotopic (exact) mass is 259 g/mol. The number of amides is 1. The molecule has 1 aliphatic carbocycles. The maximum atomic E-state index is 11.9. The molecule has 0 aliphatic heterocycles. The molecule has 0 spiro atoms. The van der Waals surface area contributed by atoms with Crippen molar-refractivity contribution in [2.75, 3.05) is 0 Å². The zero-order valence-corrected chi connectivity index (χ0v) is 12.3. The number of hydrogen-bond donors (Lipinski definition) is 1. The number of nitrogens with one attached hydrogen (secondary N) is 1. The first kappa shape index (κ1) is 14.1. The first-order valence-corrected chi connectivity index (χ1v) is 7.29. The highest BCUT2D eigenvalue weighted by atomic mass is 16.1. The van der Waals surface area contributed by atoms with Crippen LogP contribution in [0.15, 0.2) is 24.3 Å². The summed E-state index contributed by atoms with van der Waals surface area (Å²) in [7, 11) is 0. The van der Waals surface area contributed by atoms with E-state index in [1.54, 1.807) is 0 Å². The van der Waals surface area contributed by atoms with Gasteiger partial charge in [0, 0.05) is 12.5 Å². The van der Waals surface area contributed by atoms with Crippen molar-refractivity contribution in [3.8, 4) is 0 Å². The zero-order chi connectivity index (χ0) is 13.9. The van der Waals surface area contributed by atoms with Crippen LogP contribution in [0.2, 0.25) is 0 Å². The topological polar surface area (TPSA) is 29.1 Å². The minimum absolute atomic E-state index is 0.197. The molecule has 1 unspecified atom stereocenters. The van der Waals surface area contributed by atoms with Gasteiger partial charge in [-0.2, -0.15) is 0 Å². The Morgan fingerprint density at radius 3 is 2.58 bits per heavy atom. The van der Waals surface area contributed by atoms with E-state index in [4.69, 9.17) is 0 Å². The second-order valence-electron chi connectivity index (χ2n) is 6.66. The average Bonchev–Trinajstić information content (AvgIpc) is 2.68. The van der Waals surface area contributed by atoms with E-state index in [0.717, 1.165) is 19.3 Å². The summed E-state index contributed by atoms with van der Waals surface area (Å²) in [6.45, 7) is 6.65. The van der Waals surface area contributed by atoms with Crippen molar-refractivity contribution in [3.05, 3.63) is 35.4 Å². The van der Waals surface area contributed by atoms with Gasteiger partial charge in [0.05, 0.1) is 0 Å². The van der Waals surface area contributed by atoms with Crippen molar-refractivity contribution in [2.45, 2.75) is 58.9 Å². The van der Waals surface area contributed by atoms with Crippen molar-refractivity contribution in [1.82, 2.24) is 5.32 Å². The molecule has 1 N–H and O–H groups in total. The van der Waals surface area contributed by atoms with Crippen molar-refractivity contribution in [2.24, 2.45) is 5.41 Å². The molecule has 104 valence electrons. The molecule has 0 saturated heterocycles. The lowest BCUT2D eigenvalue weighted by molar-refractivity contribution is -0.121. The fourth-order valence-electron chi connectivity index (χ4n) is 2.87. The van der Waals surface area contributed by atoms with Crippen molar-refractivity contribution in [1.29, 1.82) is 0 Å². The molecule has 1 amide bonds. The molecule has 2 heteroatoms. The van der Waals surface area contributed by atoms with E-state index < -0.39 is 0 Å². The Labute approximate surface area is 116 Å². The van der Waals surface area contributed by atoms with E-state index in [1.165, 1.54) is 17.5 Å². The van der Waals surface area contributed by atoms with E-state index >= 15 is 0 Å². The normalized spacial score (nSPS) is 21.3. The Morgan fingerprint density at radius 2 is 2.00 bits per heavy atom. The summed E-state index contributed by atoms with van der Waals surface area (Å²) in [6, 6.07) is 8.82. The van der Waals surface area contributed by atoms with Gasteiger partial charge in [0.1, 0.15) is 0 Å². The van der Waals surface area contributed by atoms with Crippen LogP contribution >= 0.6 is 0 Å². The maximum Gasteiger partial charge on any atom is 0.220 e. The van der Waals surface area contributed by atoms with E-state index in [1.807, 2.05) is 0 Å². The van der Waals surface area contributed by atoms with Gasteiger partial charge in [-0.1, -0.05) is 43.7 Å². The molecule has 1 aromatic carbocycles. The third-order valence-corrected chi connectivity index (χ3v) is 4.10. The summed E-state index contributed by atoms with van der Waals surface area (Å²) < 4.78 is 0. The molecule has 2 nitrogen and oxygen atoms in total. The predicted octanol–water partition coefficient (Wildman–Crippen LogP) is 3.62. The Morgan fingerprint density at radius 1 is 1.32 bits per heavy atom. The molecule has 0 aromatic heterocycles. The number of carbonyl (C=O) groups is 1. The van der Waals surface area contributed by atoms with Crippen LogP contribution in [0.1, 0.15) is 50.7 Å². The first-order valence-electron chi connectivity index (χ1n) is 7.29. The maximum absolute atomic E-state index is 11.9. The van der Waals surface area contributed by atoms with Gasteiger partial charge >= 0.3 is 0 Å². The highest BCUT2D eigenvalue weighted by Gasteiger charge is 2.31. The fraction of sp³-hybridized carbons (Fsp3) is 0.588. The third-order valence-electron chi connectivity index (χ3n) is 4.10. The van der Waals surface area contributed by atoms with Gasteiger partial charge in [0.15, 0.2) is 0 Å². The van der Waals surface area contributed by atoms with Crippen LogP contribution in [0.5, 0.6) is 0 Å². The molecule has 19 heavy (non-hydrogen) atoms. The van der Waals surface area contributed by atoms with Gasteiger partial charge < -0.3 is 5.32 Å². The van der Waals surface area contributed by atoms with Gasteiger partial charge in [-0.3, -0.25) is 4.79 Å². The van der Waals surface area contributed by atoms with Crippen molar-refractivity contribution >= 4 is 5.91 Å². The zero-order valence-electron chi connectivity index (χ0n) is 12.3. The number of hydrogen-bond acceptors (Lipinski definition) is 1. The largest absolute Gasteiger partial charge is 0.353 e. The lowest BCUT2D eigenvalue weighted by Gasteiger charge is -2.17. The lowest BCUT2D eigenvalue weighted by Crippen LogP contribution is -2.33. The van der Waals surface area contributed by atoms with Gasteiger partial charge in [-0.25, -0.2) is 0 Å². The molecule has 1 fully saturated rings. The summed E-state index contributed by atoms with van der Waals surface area (Å²) in [6.07, 6.45) is 4.89. The summed E-state index contributed by atoms with van der Waals surface area (Å²) in [4.78, 5) is 11.9. The molecule has 0 radical (unpaired) electrons. The highest BCUT2D eigenvalue weighted by molar-refractivity contribution is 5.76. The molecule has 1 aliphatic rings. The summed E-state index contributed by atoms with van der Waals surface area (Å²) in [5.74, 6) is 0.197. The molecule has 2 rings (SSSR count). The Balaban J connectivity index is 1.74. The second kappa shape index (κ2) is 5.77. The minimum Gasteiger partial charge on any atom is -0.353 e. The van der Waals surface area contributed by atoms with Crippen LogP contribution < -0.4 is 5.32 Å². The third kappa shape index (κ3) is 4.38. The van der Waals surface area contributed by atoms with E-state index in [0.29, 0.717) is 17.9 Å². The van der Waals surface area contributed by atoms with Gasteiger partial charge in [-0.15, -0.1) is 0 Å². The van der Waals surface area contributed by atoms with Crippen LogP contribution in [-0.4, -0.2) is 11.9 Å². The quantitative estimate of drug-likeness (QED) is 0.879. The van der Waals surface area contributed by atoms with Crippen LogP contribution in [-0.2, 0) is 11.2 Å². The number of carbonyl (C=O) groups excluding carboxylic acids is 1. The summed E-state index contributed by atoms with van der Waals surface area (Å²) in [5.41, 5.74) is 2.91. The van der Waals surface area contributed by atoms with Crippen LogP contribution in [0.4, 0.5) is 0 Å². The smallest absolute Gasteiger partial charge is 0.220 e. The number of benzene rings is 1. The summed E-state index contributed by atoms with van der Waals surface area (Å²) in [5, 5.41) is 3.18. The van der Waals surface area contributed by atoms with Crippen LogP contribution in [0, 0.1) is 12.3 Å². The Bertz CT molecular complexity index is 433. The lowest BCUT2D eigenvalue weighted by atomic mass is 9.92. The molecular weight excluding hydrogens is 234 g/mol. The fourth-order valence-corrected chi connectivity index (χ4v) is 2.87. The summed E-state index contributed by atoms with van der Waals surface area (Å²) >= 11 is 0. The Hall–Kier alpha value is -1.31. The van der Waals surface area contributed by atoms with Crippen molar-refractivity contribution < 1.29 is 4.79 Å². The van der Waals surface area contributed by atoms with Crippen LogP contribution in [0.25, 0.3) is 0 Å². The molecular formula is C17H25NO. The molecule has 0 bridgehead atoms. The number of rotatable bonds is 4. The van der Waals surface area contributed by atoms with E-state index in [9.17, 15) is 4.79 Å². The standard InChI is InChI=1S/C17H25NO/c1-13-4-6-14(7-5-13)8-9-16(19)18-15-10-11-17(2,3)12-15/h4-7,15H,8-12H2,1-3H3,(H,18,19). The SMILES string of the molecule is Cc1ccc(CCC(=O)NC2CCC(C)(C)C2)cc1. The first-order chi connectivity index (χ1) is 8.94. The highest BCUT2D eigenvalue weighted by Crippen LogP contribution is 2.36. The van der Waals surface area contributed by atoms with Gasteiger partial charge in [0.25, 0.3) is 0 Å². The Kier molecular flexibility index (Phi) is 4.28. The average molecular weight is 259 g/mol. The van der Waals surface area contributed by atoms with Gasteiger partial charge in [-0.05, 0) is 43.6 Å². The minimum atomic E-state index is 0.197. The molecule has 1 saturated carbocycles. The number of aryl methyl sites for hydroxylation is 2.